The van der Waals surface area contributed by atoms with Crippen LogP contribution in [0.15, 0.2) is 84.9 Å². The lowest BCUT2D eigenvalue weighted by atomic mass is 10.4. The van der Waals surface area contributed by atoms with Crippen molar-refractivity contribution in [3.63, 3.8) is 0 Å². The topological polar surface area (TPSA) is 0 Å². The summed E-state index contributed by atoms with van der Waals surface area (Å²) in [7, 11) is 0. The number of hydrogen-bond donors (Lipinski definition) is 0. The van der Waals surface area contributed by atoms with Crippen LogP contribution in [0.3, 0.4) is 0 Å². The Kier molecular flexibility index (Phi) is 4.93. The van der Waals surface area contributed by atoms with Gasteiger partial charge >= 0.3 is 0 Å². The number of thiophene rings is 7. The van der Waals surface area contributed by atoms with Crippen LogP contribution in [0.5, 0.6) is 0 Å². The van der Waals surface area contributed by atoms with Gasteiger partial charge in [-0.2, -0.15) is 0 Å². The molecule has 0 aliphatic carbocycles. The number of rotatable bonds is 0. The predicted molar refractivity (Wildman–Crippen MR) is 154 cm³/mol. The summed E-state index contributed by atoms with van der Waals surface area (Å²) in [6.07, 6.45) is 0. The van der Waals surface area contributed by atoms with Crippen LogP contribution >= 0.6 is 79.4 Å². The van der Waals surface area contributed by atoms with Crippen molar-refractivity contribution in [3.8, 4) is 0 Å². The van der Waals surface area contributed by atoms with E-state index < -0.39 is 0 Å². The van der Waals surface area contributed by atoms with Crippen molar-refractivity contribution in [1.82, 2.24) is 0 Å². The van der Waals surface area contributed by atoms with E-state index in [0.717, 1.165) is 0 Å². The van der Waals surface area contributed by atoms with E-state index in [4.69, 9.17) is 0 Å². The Hall–Kier alpha value is -2.10. The lowest BCUT2D eigenvalue weighted by Gasteiger charge is -1.74. The van der Waals surface area contributed by atoms with Crippen LogP contribution in [0.4, 0.5) is 0 Å². The second kappa shape index (κ2) is 8.21. The molecular weight excluding hydrogens is 561 g/mol. The maximum atomic E-state index is 2.28. The zero-order valence-electron chi connectivity index (χ0n) is 17.9. The zero-order chi connectivity index (χ0) is 22.9. The van der Waals surface area contributed by atoms with E-state index in [-0.39, 0.29) is 0 Å². The maximum Gasteiger partial charge on any atom is 0.0449 e. The van der Waals surface area contributed by atoms with Gasteiger partial charge in [0, 0.05) is 63.5 Å². The Bertz CT molecular complexity index is 1900. The molecule has 1 aliphatic rings. The third-order valence-electron chi connectivity index (χ3n) is 5.94. The fourth-order valence-corrected chi connectivity index (χ4v) is 11.9. The monoisotopic (exact) mass is 574 g/mol. The molecule has 0 spiro atoms. The molecule has 14 bridgehead atoms. The van der Waals surface area contributed by atoms with Crippen LogP contribution in [0.1, 0.15) is 0 Å². The van der Waals surface area contributed by atoms with Crippen LogP contribution in [-0.4, -0.2) is 0 Å². The first kappa shape index (κ1) is 21.0. The van der Waals surface area contributed by atoms with Gasteiger partial charge in [-0.3, -0.25) is 0 Å². The molecule has 0 N–H and O–H groups in total. The quantitative estimate of drug-likeness (QED) is 0.169. The maximum absolute atomic E-state index is 2.28. The first-order valence-corrected chi connectivity index (χ1v) is 16.7. The molecule has 0 amide bonds. The summed E-state index contributed by atoms with van der Waals surface area (Å²) in [5.74, 6) is 0. The summed E-state index contributed by atoms with van der Waals surface area (Å²) in [5, 5.41) is 0. The largest absolute Gasteiger partial charge is 0.134 e. The van der Waals surface area contributed by atoms with Crippen LogP contribution in [0, 0.1) is 63.5 Å². The van der Waals surface area contributed by atoms with Gasteiger partial charge in [0.25, 0.3) is 0 Å². The van der Waals surface area contributed by atoms with Crippen LogP contribution in [0.25, 0.3) is 0 Å². The normalized spacial score (nSPS) is 19.2. The molecule has 0 unspecified atom stereocenters. The molecule has 0 atom stereocenters. The van der Waals surface area contributed by atoms with E-state index in [1.807, 2.05) is 79.4 Å². The average Bonchev–Trinajstić information content (AvgIpc) is 3.72. The smallest absolute Gasteiger partial charge is 0.0449 e. The summed E-state index contributed by atoms with van der Waals surface area (Å²) in [6, 6.07) is 32.0. The molecule has 8 heterocycles. The molecule has 0 saturated heterocycles. The van der Waals surface area contributed by atoms with E-state index in [1.165, 1.54) is 63.5 Å². The summed E-state index contributed by atoms with van der Waals surface area (Å²) < 4.78 is 18.9. The molecule has 0 radical (unpaired) electrons. The van der Waals surface area contributed by atoms with E-state index in [0.29, 0.717) is 0 Å². The van der Waals surface area contributed by atoms with Crippen molar-refractivity contribution < 1.29 is 0 Å². The first-order chi connectivity index (χ1) is 17.3. The van der Waals surface area contributed by atoms with Crippen LogP contribution < -0.4 is 0 Å². The molecule has 0 nitrogen and oxygen atoms in total. The number of fused-ring (bicyclic) bond motifs is 14. The summed E-state index contributed by atoms with van der Waals surface area (Å²) in [4.78, 5) is 0. The fraction of sp³-hybridized carbons (Fsp3) is 0. The molecule has 0 saturated carbocycles. The van der Waals surface area contributed by atoms with Gasteiger partial charge in [0.2, 0.25) is 0 Å². The molecule has 0 aromatic carbocycles. The molecular formula is C28H14S7. The van der Waals surface area contributed by atoms with Crippen molar-refractivity contribution >= 4 is 79.4 Å². The van der Waals surface area contributed by atoms with Gasteiger partial charge in [0.15, 0.2) is 0 Å². The minimum atomic E-state index is 1.35. The first-order valence-electron chi connectivity index (χ1n) is 11.0. The molecule has 1 aliphatic heterocycles. The van der Waals surface area contributed by atoms with Gasteiger partial charge in [0.1, 0.15) is 0 Å². The molecule has 7 aromatic rings. The van der Waals surface area contributed by atoms with Gasteiger partial charge in [0.05, 0.1) is 0 Å². The highest BCUT2D eigenvalue weighted by Gasteiger charge is 1.99. The SMILES string of the molecule is c1c/c2s/c1=c1/cc/c(s1)=c1\cc/c(s1)=c1\cc/c(s1)=c1\cc/c(s1)=c1\cc/c(s1)=c1\cc/c=2s1. The van der Waals surface area contributed by atoms with Crippen LogP contribution in [0.2, 0.25) is 0 Å². The minimum absolute atomic E-state index is 1.35. The standard InChI is InChI=1S/C28H14S7/c1-2-16-18-5-6-21(31-18)22-9-10-25(33-22)26-13-14-28(35-26)27-12-11-24(34-27)23-8-7-20(32-23)19-4-3-17(30-19)15(1)29-16/h1-14H/b17-15-,18-16-,20-19-,22-21-,24-23-,26-25-,28-27-. The van der Waals surface area contributed by atoms with Gasteiger partial charge in [-0.25, -0.2) is 0 Å². The van der Waals surface area contributed by atoms with E-state index in [9.17, 15) is 0 Å². The van der Waals surface area contributed by atoms with Gasteiger partial charge < -0.3 is 0 Å². The summed E-state index contributed by atoms with van der Waals surface area (Å²) >= 11 is 13.3. The Labute approximate surface area is 225 Å². The Morgan fingerprint density at radius 1 is 0.171 bits per heavy atom. The van der Waals surface area contributed by atoms with E-state index >= 15 is 0 Å². The minimum Gasteiger partial charge on any atom is -0.134 e. The highest BCUT2D eigenvalue weighted by atomic mass is 32.1. The van der Waals surface area contributed by atoms with Crippen molar-refractivity contribution in [2.75, 3.05) is 0 Å². The Morgan fingerprint density at radius 3 is 0.343 bits per heavy atom. The third-order valence-corrected chi connectivity index (χ3v) is 14.9. The van der Waals surface area contributed by atoms with Gasteiger partial charge in [-0.1, -0.05) is 0 Å². The van der Waals surface area contributed by atoms with Gasteiger partial charge in [-0.05, 0) is 84.9 Å². The van der Waals surface area contributed by atoms with Crippen LogP contribution in [-0.2, 0) is 0 Å². The number of hydrogen-bond acceptors (Lipinski definition) is 7. The second-order valence-corrected chi connectivity index (χ2v) is 15.7. The van der Waals surface area contributed by atoms with E-state index in [1.54, 1.807) is 0 Å². The lowest BCUT2D eigenvalue weighted by molar-refractivity contribution is 1.72. The highest BCUT2D eigenvalue weighted by molar-refractivity contribution is 7.16. The molecule has 168 valence electrons. The van der Waals surface area contributed by atoms with Crippen molar-refractivity contribution in [2.45, 2.75) is 0 Å². The molecule has 7 heteroatoms. The second-order valence-electron chi connectivity index (χ2n) is 8.15. The Balaban J connectivity index is 1.62. The van der Waals surface area contributed by atoms with Crippen molar-refractivity contribution in [2.24, 2.45) is 0 Å². The molecule has 0 fully saturated rings. The average molecular weight is 575 g/mol. The summed E-state index contributed by atoms with van der Waals surface area (Å²) in [5.41, 5.74) is 0. The van der Waals surface area contributed by atoms with Gasteiger partial charge in [-0.15, -0.1) is 79.4 Å². The van der Waals surface area contributed by atoms with E-state index in [2.05, 4.69) is 84.9 Å². The van der Waals surface area contributed by atoms with Crippen molar-refractivity contribution in [1.29, 1.82) is 0 Å². The van der Waals surface area contributed by atoms with Crippen molar-refractivity contribution in [3.05, 3.63) is 148 Å². The third kappa shape index (κ3) is 3.61. The zero-order valence-corrected chi connectivity index (χ0v) is 23.7. The highest BCUT2D eigenvalue weighted by Crippen LogP contribution is 2.22. The molecule has 7 aromatic heterocycles. The lowest BCUT2D eigenvalue weighted by Crippen LogP contribution is -1.51. The molecule has 35 heavy (non-hydrogen) atoms. The molecule has 8 rings (SSSR count). The Morgan fingerprint density at radius 2 is 0.257 bits per heavy atom. The fourth-order valence-electron chi connectivity index (χ4n) is 4.22. The summed E-state index contributed by atoms with van der Waals surface area (Å²) in [6.45, 7) is 0. The predicted octanol–water partition coefficient (Wildman–Crippen LogP) is 9.44.